The predicted molar refractivity (Wildman–Crippen MR) is 98.4 cm³/mol. The molecule has 1 saturated heterocycles. The van der Waals surface area contributed by atoms with Crippen molar-refractivity contribution in [2.45, 2.75) is 38.6 Å². The van der Waals surface area contributed by atoms with Gasteiger partial charge in [0.2, 0.25) is 0 Å². The molecule has 1 aliphatic carbocycles. The maximum Gasteiger partial charge on any atom is 0.254 e. The van der Waals surface area contributed by atoms with Gasteiger partial charge in [0.1, 0.15) is 11.5 Å². The smallest absolute Gasteiger partial charge is 0.254 e. The number of methoxy groups -OCH3 is 2. The summed E-state index contributed by atoms with van der Waals surface area (Å²) in [6.07, 6.45) is 5.33. The number of carbonyl (C=O) groups excluding carboxylic acids is 1. The molecule has 0 unspecified atom stereocenters. The van der Waals surface area contributed by atoms with Crippen LogP contribution in [-0.2, 0) is 0 Å². The van der Waals surface area contributed by atoms with Gasteiger partial charge in [-0.05, 0) is 30.9 Å². The van der Waals surface area contributed by atoms with Crippen LogP contribution in [0.3, 0.4) is 0 Å². The number of hydrogen-bond acceptors (Lipinski definition) is 4. The lowest BCUT2D eigenvalue weighted by Gasteiger charge is -2.42. The van der Waals surface area contributed by atoms with Crippen LogP contribution in [0.15, 0.2) is 18.2 Å². The second kappa shape index (κ2) is 8.09. The highest BCUT2D eigenvalue weighted by Gasteiger charge is 2.29. The maximum absolute atomic E-state index is 12.9. The summed E-state index contributed by atoms with van der Waals surface area (Å²) in [5, 5.41) is 0. The molecule has 5 heteroatoms. The zero-order chi connectivity index (χ0) is 17.8. The minimum absolute atomic E-state index is 0.0638. The van der Waals surface area contributed by atoms with Crippen LogP contribution in [0.25, 0.3) is 0 Å². The Bertz CT molecular complexity index is 574. The predicted octanol–water partition coefficient (Wildman–Crippen LogP) is 3.04. The van der Waals surface area contributed by atoms with Crippen molar-refractivity contribution in [1.29, 1.82) is 0 Å². The highest BCUT2D eigenvalue weighted by Crippen LogP contribution is 2.28. The van der Waals surface area contributed by atoms with Gasteiger partial charge in [-0.15, -0.1) is 0 Å². The van der Waals surface area contributed by atoms with Crippen molar-refractivity contribution in [3.8, 4) is 11.5 Å². The molecule has 2 atom stereocenters. The lowest BCUT2D eigenvalue weighted by atomic mass is 9.86. The van der Waals surface area contributed by atoms with Gasteiger partial charge in [0.25, 0.3) is 5.91 Å². The highest BCUT2D eigenvalue weighted by molar-refractivity contribution is 5.95. The molecule has 1 amide bonds. The Kier molecular flexibility index (Phi) is 5.84. The average molecular weight is 346 g/mol. The Hall–Kier alpha value is -1.75. The number of rotatable bonds is 4. The normalized spacial score (nSPS) is 24.8. The first-order valence-electron chi connectivity index (χ1n) is 9.37. The zero-order valence-corrected chi connectivity index (χ0v) is 15.7. The van der Waals surface area contributed by atoms with E-state index in [4.69, 9.17) is 9.47 Å². The lowest BCUT2D eigenvalue weighted by Crippen LogP contribution is -2.52. The summed E-state index contributed by atoms with van der Waals surface area (Å²) in [4.78, 5) is 17.4. The molecule has 2 aliphatic rings. The molecule has 1 heterocycles. The van der Waals surface area contributed by atoms with Gasteiger partial charge in [-0.2, -0.15) is 0 Å². The van der Waals surface area contributed by atoms with E-state index in [-0.39, 0.29) is 5.91 Å². The quantitative estimate of drug-likeness (QED) is 0.840. The first kappa shape index (κ1) is 18.1. The number of benzene rings is 1. The second-order valence-corrected chi connectivity index (χ2v) is 7.36. The van der Waals surface area contributed by atoms with Gasteiger partial charge in [0.15, 0.2) is 0 Å². The van der Waals surface area contributed by atoms with Crippen LogP contribution in [0.4, 0.5) is 0 Å². The molecule has 1 aromatic carbocycles. The van der Waals surface area contributed by atoms with Gasteiger partial charge in [-0.25, -0.2) is 0 Å². The van der Waals surface area contributed by atoms with E-state index >= 15 is 0 Å². The summed E-state index contributed by atoms with van der Waals surface area (Å²) >= 11 is 0. The average Bonchev–Trinajstić information content (AvgIpc) is 2.67. The molecule has 0 radical (unpaired) electrons. The number of hydrogen-bond donors (Lipinski definition) is 0. The van der Waals surface area contributed by atoms with Crippen LogP contribution < -0.4 is 9.47 Å². The lowest BCUT2D eigenvalue weighted by molar-refractivity contribution is 0.0488. The Morgan fingerprint density at radius 3 is 2.20 bits per heavy atom. The molecular weight excluding hydrogens is 316 g/mol. The Balaban J connectivity index is 1.61. The van der Waals surface area contributed by atoms with Crippen molar-refractivity contribution >= 4 is 5.91 Å². The molecule has 0 bridgehead atoms. The van der Waals surface area contributed by atoms with E-state index < -0.39 is 0 Å². The molecule has 1 aliphatic heterocycles. The summed E-state index contributed by atoms with van der Waals surface area (Å²) in [7, 11) is 3.21. The minimum Gasteiger partial charge on any atom is -0.497 e. The standard InChI is InChI=1S/C20H30N2O3/c1-15-5-4-6-17(11-15)21-7-9-22(10-8-21)20(23)16-12-18(24-2)14-19(13-16)25-3/h12-15,17H,4-11H2,1-3H3/t15-,17+/m1/s1. The van der Waals surface area contributed by atoms with E-state index in [1.807, 2.05) is 4.90 Å². The van der Waals surface area contributed by atoms with Crippen molar-refractivity contribution < 1.29 is 14.3 Å². The summed E-state index contributed by atoms with van der Waals surface area (Å²) in [6.45, 7) is 5.91. The largest absolute Gasteiger partial charge is 0.497 e. The molecule has 0 aromatic heterocycles. The van der Waals surface area contributed by atoms with Crippen molar-refractivity contribution in [1.82, 2.24) is 9.80 Å². The summed E-state index contributed by atoms with van der Waals surface area (Å²) in [6, 6.07) is 6.08. The fourth-order valence-electron chi connectivity index (χ4n) is 4.14. The van der Waals surface area contributed by atoms with Crippen molar-refractivity contribution in [2.24, 2.45) is 5.92 Å². The topological polar surface area (TPSA) is 42.0 Å². The summed E-state index contributed by atoms with van der Waals surface area (Å²) in [5.74, 6) is 2.20. The number of ether oxygens (including phenoxy) is 2. The highest BCUT2D eigenvalue weighted by atomic mass is 16.5. The molecule has 138 valence electrons. The number of nitrogens with zero attached hydrogens (tertiary/aromatic N) is 2. The second-order valence-electron chi connectivity index (χ2n) is 7.36. The van der Waals surface area contributed by atoms with Gasteiger partial charge in [0.05, 0.1) is 14.2 Å². The SMILES string of the molecule is COc1cc(OC)cc(C(=O)N2CCN([C@H]3CCC[C@@H](C)C3)CC2)c1. The van der Waals surface area contributed by atoms with E-state index in [1.165, 1.54) is 25.7 Å². The van der Waals surface area contributed by atoms with Crippen LogP contribution in [0.1, 0.15) is 43.0 Å². The van der Waals surface area contributed by atoms with Crippen LogP contribution in [0, 0.1) is 5.92 Å². The Morgan fingerprint density at radius 1 is 1.00 bits per heavy atom. The molecule has 1 aromatic rings. The third-order valence-electron chi connectivity index (χ3n) is 5.62. The fraction of sp³-hybridized carbons (Fsp3) is 0.650. The van der Waals surface area contributed by atoms with Gasteiger partial charge in [-0.3, -0.25) is 9.69 Å². The minimum atomic E-state index is 0.0638. The number of amides is 1. The van der Waals surface area contributed by atoms with E-state index in [9.17, 15) is 4.79 Å². The van der Waals surface area contributed by atoms with Crippen molar-refractivity contribution in [3.63, 3.8) is 0 Å². The Morgan fingerprint density at radius 2 is 1.64 bits per heavy atom. The third-order valence-corrected chi connectivity index (χ3v) is 5.62. The fourth-order valence-corrected chi connectivity index (χ4v) is 4.14. The van der Waals surface area contributed by atoms with E-state index in [0.717, 1.165) is 32.1 Å². The molecule has 5 nitrogen and oxygen atoms in total. The first-order valence-corrected chi connectivity index (χ1v) is 9.37. The molecule has 1 saturated carbocycles. The van der Waals surface area contributed by atoms with Crippen molar-refractivity contribution in [2.75, 3.05) is 40.4 Å². The van der Waals surface area contributed by atoms with Crippen LogP contribution >= 0.6 is 0 Å². The van der Waals surface area contributed by atoms with E-state index in [1.54, 1.807) is 32.4 Å². The van der Waals surface area contributed by atoms with Crippen LogP contribution in [-0.4, -0.2) is 62.1 Å². The van der Waals surface area contributed by atoms with Crippen molar-refractivity contribution in [3.05, 3.63) is 23.8 Å². The number of piperazine rings is 1. The monoisotopic (exact) mass is 346 g/mol. The Labute approximate surface area is 150 Å². The molecular formula is C20H30N2O3. The molecule has 2 fully saturated rings. The zero-order valence-electron chi connectivity index (χ0n) is 15.7. The summed E-state index contributed by atoms with van der Waals surface area (Å²) in [5.41, 5.74) is 0.635. The summed E-state index contributed by atoms with van der Waals surface area (Å²) < 4.78 is 10.6. The van der Waals surface area contributed by atoms with E-state index in [0.29, 0.717) is 23.1 Å². The first-order chi connectivity index (χ1) is 12.1. The van der Waals surface area contributed by atoms with E-state index in [2.05, 4.69) is 11.8 Å². The van der Waals surface area contributed by atoms with Gasteiger partial charge < -0.3 is 14.4 Å². The maximum atomic E-state index is 12.9. The molecule has 25 heavy (non-hydrogen) atoms. The molecule has 0 N–H and O–H groups in total. The van der Waals surface area contributed by atoms with Gasteiger partial charge >= 0.3 is 0 Å². The number of carbonyl (C=O) groups is 1. The van der Waals surface area contributed by atoms with Gasteiger partial charge in [-0.1, -0.05) is 19.8 Å². The third kappa shape index (κ3) is 4.27. The van der Waals surface area contributed by atoms with Crippen LogP contribution in [0.2, 0.25) is 0 Å². The molecule has 0 spiro atoms. The van der Waals surface area contributed by atoms with Gasteiger partial charge in [0, 0.05) is 43.9 Å². The molecule has 3 rings (SSSR count). The van der Waals surface area contributed by atoms with Crippen LogP contribution in [0.5, 0.6) is 11.5 Å².